The van der Waals surface area contributed by atoms with Crippen molar-refractivity contribution in [2.75, 3.05) is 11.9 Å². The van der Waals surface area contributed by atoms with E-state index in [0.29, 0.717) is 10.4 Å². The molecule has 0 spiro atoms. The van der Waals surface area contributed by atoms with Crippen LogP contribution < -0.4 is 10.6 Å². The molecule has 22 heavy (non-hydrogen) atoms. The van der Waals surface area contributed by atoms with E-state index in [1.807, 2.05) is 0 Å². The van der Waals surface area contributed by atoms with Gasteiger partial charge in [-0.3, -0.25) is 14.4 Å². The van der Waals surface area contributed by atoms with Gasteiger partial charge >= 0.3 is 18.1 Å². The minimum atomic E-state index is -5.07. The lowest BCUT2D eigenvalue weighted by molar-refractivity contribution is -0.167. The van der Waals surface area contributed by atoms with Gasteiger partial charge in [0.15, 0.2) is 0 Å². The first-order valence-corrected chi connectivity index (χ1v) is 6.83. The highest BCUT2D eigenvalue weighted by Crippen LogP contribution is 2.33. The number of amides is 2. The molecule has 0 aliphatic rings. The number of carboxylic acid groups (broad SMARTS) is 1. The van der Waals surface area contributed by atoms with E-state index in [-0.39, 0.29) is 23.5 Å². The Labute approximate surface area is 127 Å². The molecule has 0 saturated carbocycles. The summed E-state index contributed by atoms with van der Waals surface area (Å²) >= 11 is 0.844. The van der Waals surface area contributed by atoms with Crippen LogP contribution in [0.2, 0.25) is 0 Å². The van der Waals surface area contributed by atoms with Crippen LogP contribution in [0.5, 0.6) is 0 Å². The Balaban J connectivity index is 2.96. The number of halogens is 3. The predicted molar refractivity (Wildman–Crippen MR) is 73.1 cm³/mol. The minimum Gasteiger partial charge on any atom is -0.481 e. The Hall–Kier alpha value is -2.10. The summed E-state index contributed by atoms with van der Waals surface area (Å²) in [6, 6.07) is 0. The molecule has 6 nitrogen and oxygen atoms in total. The summed E-state index contributed by atoms with van der Waals surface area (Å²) in [5.74, 6) is -4.03. The number of aryl methyl sites for hydroxylation is 1. The van der Waals surface area contributed by atoms with Crippen molar-refractivity contribution >= 4 is 34.1 Å². The Morgan fingerprint density at radius 2 is 1.82 bits per heavy atom. The molecule has 122 valence electrons. The van der Waals surface area contributed by atoms with Gasteiger partial charge < -0.3 is 15.7 Å². The van der Waals surface area contributed by atoms with Crippen molar-refractivity contribution in [1.82, 2.24) is 5.32 Å². The zero-order valence-electron chi connectivity index (χ0n) is 11.6. The summed E-state index contributed by atoms with van der Waals surface area (Å²) in [5.41, 5.74) is 0.334. The van der Waals surface area contributed by atoms with Crippen LogP contribution in [-0.2, 0) is 9.59 Å². The molecular weight excluding hydrogens is 325 g/mol. The summed E-state index contributed by atoms with van der Waals surface area (Å²) in [6.07, 6.45) is -5.39. The predicted octanol–water partition coefficient (Wildman–Crippen LogP) is 2.07. The van der Waals surface area contributed by atoms with E-state index in [1.54, 1.807) is 12.2 Å². The monoisotopic (exact) mass is 338 g/mol. The van der Waals surface area contributed by atoms with Gasteiger partial charge in [-0.1, -0.05) is 0 Å². The van der Waals surface area contributed by atoms with Crippen molar-refractivity contribution in [3.05, 3.63) is 16.0 Å². The van der Waals surface area contributed by atoms with Crippen molar-refractivity contribution in [3.8, 4) is 0 Å². The molecule has 1 rings (SSSR count). The average molecular weight is 338 g/mol. The second-order valence-electron chi connectivity index (χ2n) is 4.34. The van der Waals surface area contributed by atoms with Gasteiger partial charge in [0.05, 0.1) is 12.0 Å². The number of carbonyl (C=O) groups is 3. The highest BCUT2D eigenvalue weighted by molar-refractivity contribution is 7.16. The van der Waals surface area contributed by atoms with Crippen LogP contribution in [0.15, 0.2) is 0 Å². The molecule has 0 unspecified atom stereocenters. The highest BCUT2D eigenvalue weighted by Gasteiger charge is 2.39. The maximum absolute atomic E-state index is 12.3. The van der Waals surface area contributed by atoms with Gasteiger partial charge in [0.1, 0.15) is 5.00 Å². The summed E-state index contributed by atoms with van der Waals surface area (Å²) in [7, 11) is 0. The van der Waals surface area contributed by atoms with Gasteiger partial charge in [0.2, 0.25) is 0 Å². The fraction of sp³-hybridized carbons (Fsp3) is 0.417. The molecule has 1 aromatic heterocycles. The van der Waals surface area contributed by atoms with Crippen LogP contribution in [0, 0.1) is 13.8 Å². The second-order valence-corrected chi connectivity index (χ2v) is 5.56. The van der Waals surface area contributed by atoms with Gasteiger partial charge in [-0.05, 0) is 19.4 Å². The number of thiophene rings is 1. The van der Waals surface area contributed by atoms with Crippen LogP contribution in [0.3, 0.4) is 0 Å². The van der Waals surface area contributed by atoms with E-state index < -0.39 is 24.0 Å². The Kier molecular flexibility index (Phi) is 5.53. The van der Waals surface area contributed by atoms with Gasteiger partial charge in [0.25, 0.3) is 5.91 Å². The van der Waals surface area contributed by atoms with Crippen molar-refractivity contribution in [2.24, 2.45) is 0 Å². The van der Waals surface area contributed by atoms with E-state index in [0.717, 1.165) is 11.3 Å². The topological polar surface area (TPSA) is 95.5 Å². The number of hydrogen-bond acceptors (Lipinski definition) is 4. The molecule has 10 heteroatoms. The van der Waals surface area contributed by atoms with Crippen molar-refractivity contribution < 1.29 is 32.7 Å². The number of carboxylic acids is 1. The third-order valence-corrected chi connectivity index (χ3v) is 3.84. The van der Waals surface area contributed by atoms with E-state index in [9.17, 15) is 27.6 Å². The first-order valence-electron chi connectivity index (χ1n) is 6.02. The Morgan fingerprint density at radius 3 is 2.32 bits per heavy atom. The molecule has 1 aromatic rings. The van der Waals surface area contributed by atoms with Gasteiger partial charge in [-0.2, -0.15) is 13.2 Å². The largest absolute Gasteiger partial charge is 0.481 e. The second kappa shape index (κ2) is 6.77. The summed E-state index contributed by atoms with van der Waals surface area (Å²) in [6.45, 7) is 2.95. The number of carbonyl (C=O) groups excluding carboxylic acids is 2. The zero-order chi connectivity index (χ0) is 17.1. The van der Waals surface area contributed by atoms with Crippen LogP contribution in [0.25, 0.3) is 0 Å². The first kappa shape index (κ1) is 18.0. The third kappa shape index (κ3) is 4.45. The molecule has 3 N–H and O–H groups in total. The number of rotatable bonds is 5. The zero-order valence-corrected chi connectivity index (χ0v) is 12.4. The van der Waals surface area contributed by atoms with Crippen LogP contribution in [-0.4, -0.2) is 35.6 Å². The molecule has 0 aliphatic heterocycles. The molecule has 0 fully saturated rings. The Morgan fingerprint density at radius 1 is 1.23 bits per heavy atom. The van der Waals surface area contributed by atoms with Crippen molar-refractivity contribution in [2.45, 2.75) is 26.4 Å². The van der Waals surface area contributed by atoms with E-state index in [1.165, 1.54) is 6.92 Å². The molecule has 0 aromatic carbocycles. The smallest absolute Gasteiger partial charge is 0.471 e. The number of nitrogens with one attached hydrogen (secondary N) is 2. The average Bonchev–Trinajstić information content (AvgIpc) is 2.63. The summed E-state index contributed by atoms with van der Waals surface area (Å²) in [4.78, 5) is 33.9. The first-order chi connectivity index (χ1) is 10.0. The van der Waals surface area contributed by atoms with Crippen molar-refractivity contribution in [3.63, 3.8) is 0 Å². The molecule has 0 radical (unpaired) electrons. The van der Waals surface area contributed by atoms with Gasteiger partial charge in [-0.15, -0.1) is 11.3 Å². The van der Waals surface area contributed by atoms with Crippen molar-refractivity contribution in [1.29, 1.82) is 0 Å². The molecule has 0 bridgehead atoms. The molecule has 0 saturated heterocycles. The lowest BCUT2D eigenvalue weighted by Crippen LogP contribution is -2.31. The molecular formula is C12H13F3N2O4S. The normalized spacial score (nSPS) is 11.1. The quantitative estimate of drug-likeness (QED) is 0.766. The van der Waals surface area contributed by atoms with Gasteiger partial charge in [-0.25, -0.2) is 0 Å². The van der Waals surface area contributed by atoms with Crippen LogP contribution in [0.1, 0.15) is 27.2 Å². The van der Waals surface area contributed by atoms with E-state index in [2.05, 4.69) is 5.32 Å². The number of hydrogen-bond donors (Lipinski definition) is 3. The van der Waals surface area contributed by atoms with Crippen LogP contribution >= 0.6 is 11.3 Å². The van der Waals surface area contributed by atoms with Gasteiger partial charge in [0, 0.05) is 11.4 Å². The molecule has 0 aliphatic carbocycles. The number of anilines is 1. The minimum absolute atomic E-state index is 0.0921. The highest BCUT2D eigenvalue weighted by atomic mass is 32.1. The fourth-order valence-corrected chi connectivity index (χ4v) is 2.59. The van der Waals surface area contributed by atoms with E-state index in [4.69, 9.17) is 5.11 Å². The molecule has 1 heterocycles. The molecule has 2 amide bonds. The van der Waals surface area contributed by atoms with Crippen LogP contribution in [0.4, 0.5) is 18.2 Å². The third-order valence-electron chi connectivity index (χ3n) is 2.72. The lowest BCUT2D eigenvalue weighted by atomic mass is 10.1. The lowest BCUT2D eigenvalue weighted by Gasteiger charge is -2.09. The maximum Gasteiger partial charge on any atom is 0.471 e. The maximum atomic E-state index is 12.3. The summed E-state index contributed by atoms with van der Waals surface area (Å²) in [5, 5.41) is 12.2. The SMILES string of the molecule is Cc1sc(NC(=O)C(F)(F)F)c(C(=O)NCCC(=O)O)c1C. The molecule has 0 atom stereocenters. The number of aliphatic carboxylic acids is 1. The summed E-state index contributed by atoms with van der Waals surface area (Å²) < 4.78 is 36.9. The number of alkyl halides is 3. The fourth-order valence-electron chi connectivity index (χ4n) is 1.53. The Bertz CT molecular complexity index is 610. The standard InChI is InChI=1S/C12H13F3N2O4S/c1-5-6(2)22-10(17-11(21)12(13,14)15)8(5)9(20)16-4-3-7(18)19/h3-4H2,1-2H3,(H,16,20)(H,17,21)(H,18,19). The van der Waals surface area contributed by atoms with E-state index >= 15 is 0 Å².